The third-order valence-corrected chi connectivity index (χ3v) is 4.36. The first kappa shape index (κ1) is 17.9. The molecule has 0 saturated heterocycles. The maximum Gasteiger partial charge on any atom is 0.275 e. The van der Waals surface area contributed by atoms with Crippen molar-refractivity contribution in [3.63, 3.8) is 0 Å². The predicted octanol–water partition coefficient (Wildman–Crippen LogP) is 1.40. The number of rotatable bonds is 8. The molecule has 21 heavy (non-hydrogen) atoms. The number of methoxy groups -OCH3 is 1. The van der Waals surface area contributed by atoms with Crippen LogP contribution < -0.4 is 0 Å². The number of halogens is 1. The molecule has 1 rings (SSSR count). The average molecular weight is 338 g/mol. The summed E-state index contributed by atoms with van der Waals surface area (Å²) in [6.07, 6.45) is 1.15. The highest BCUT2D eigenvalue weighted by Gasteiger charge is 2.30. The third-order valence-electron chi connectivity index (χ3n) is 2.97. The van der Waals surface area contributed by atoms with Gasteiger partial charge in [-0.15, -0.1) is 0 Å². The Labute approximate surface area is 129 Å². The van der Waals surface area contributed by atoms with E-state index in [2.05, 4.69) is 10.2 Å². The predicted molar refractivity (Wildman–Crippen MR) is 79.1 cm³/mol. The van der Waals surface area contributed by atoms with Crippen LogP contribution in [0.2, 0.25) is 0 Å². The van der Waals surface area contributed by atoms with E-state index < -0.39 is 15.0 Å². The third kappa shape index (κ3) is 4.42. The number of nitrogens with one attached hydrogen (secondary N) is 1. The molecule has 1 heterocycles. The first-order chi connectivity index (χ1) is 9.86. The van der Waals surface area contributed by atoms with E-state index in [1.165, 1.54) is 12.0 Å². The summed E-state index contributed by atoms with van der Waals surface area (Å²) in [5.74, 6) is -0.479. The monoisotopic (exact) mass is 337 g/mol. The van der Waals surface area contributed by atoms with Crippen molar-refractivity contribution in [1.82, 2.24) is 15.1 Å². The van der Waals surface area contributed by atoms with Gasteiger partial charge in [-0.1, -0.05) is 13.3 Å². The van der Waals surface area contributed by atoms with E-state index in [0.717, 1.165) is 0 Å². The Balaban J connectivity index is 3.20. The molecule has 0 aromatic carbocycles. The van der Waals surface area contributed by atoms with Crippen molar-refractivity contribution >= 4 is 25.6 Å². The van der Waals surface area contributed by atoms with Gasteiger partial charge >= 0.3 is 0 Å². The van der Waals surface area contributed by atoms with Crippen molar-refractivity contribution in [2.24, 2.45) is 0 Å². The Hall–Kier alpha value is -1.12. The van der Waals surface area contributed by atoms with Gasteiger partial charge in [0.2, 0.25) is 0 Å². The molecular weight excluding hydrogens is 318 g/mol. The van der Waals surface area contributed by atoms with Crippen molar-refractivity contribution in [3.05, 3.63) is 11.4 Å². The molecule has 0 aliphatic carbocycles. The maximum absolute atomic E-state index is 12.4. The molecule has 0 atom stereocenters. The van der Waals surface area contributed by atoms with Crippen LogP contribution >= 0.6 is 10.7 Å². The van der Waals surface area contributed by atoms with Crippen LogP contribution in [-0.4, -0.2) is 56.2 Å². The zero-order valence-corrected chi connectivity index (χ0v) is 13.9. The van der Waals surface area contributed by atoms with E-state index in [1.807, 2.05) is 6.92 Å². The second-order valence-electron chi connectivity index (χ2n) is 4.45. The van der Waals surface area contributed by atoms with Crippen molar-refractivity contribution in [1.29, 1.82) is 0 Å². The number of aromatic nitrogens is 2. The molecule has 1 aromatic rings. The number of H-pyrrole nitrogens is 1. The SMILES string of the molecule is CCCc1[nH]nc(C(=O)N(CC)CCOC)c1S(=O)(=O)Cl. The number of likely N-dealkylation sites (N-methyl/N-ethyl adjacent to an activating group) is 1. The summed E-state index contributed by atoms with van der Waals surface area (Å²) in [6, 6.07) is 0. The van der Waals surface area contributed by atoms with Crippen LogP contribution in [0.5, 0.6) is 0 Å². The average Bonchev–Trinajstić information content (AvgIpc) is 2.83. The fraction of sp³-hybridized carbons (Fsp3) is 0.667. The number of ether oxygens (including phenoxy) is 1. The van der Waals surface area contributed by atoms with Crippen molar-refractivity contribution < 1.29 is 17.9 Å². The largest absolute Gasteiger partial charge is 0.383 e. The normalized spacial score (nSPS) is 11.6. The highest BCUT2D eigenvalue weighted by Crippen LogP contribution is 2.24. The second kappa shape index (κ2) is 7.77. The molecule has 1 aromatic heterocycles. The minimum Gasteiger partial charge on any atom is -0.383 e. The van der Waals surface area contributed by atoms with Gasteiger partial charge in [0.25, 0.3) is 15.0 Å². The Morgan fingerprint density at radius 2 is 2.10 bits per heavy atom. The van der Waals surface area contributed by atoms with Crippen molar-refractivity contribution in [3.8, 4) is 0 Å². The van der Waals surface area contributed by atoms with E-state index >= 15 is 0 Å². The summed E-state index contributed by atoms with van der Waals surface area (Å²) in [4.78, 5) is 13.7. The van der Waals surface area contributed by atoms with Gasteiger partial charge < -0.3 is 9.64 Å². The van der Waals surface area contributed by atoms with Gasteiger partial charge in [-0.05, 0) is 13.3 Å². The summed E-state index contributed by atoms with van der Waals surface area (Å²) in [5.41, 5.74) is 0.199. The Kier molecular flexibility index (Phi) is 6.63. The minimum absolute atomic E-state index is 0.161. The van der Waals surface area contributed by atoms with E-state index in [9.17, 15) is 13.2 Å². The molecule has 0 radical (unpaired) electrons. The lowest BCUT2D eigenvalue weighted by molar-refractivity contribution is 0.0697. The highest BCUT2D eigenvalue weighted by atomic mass is 35.7. The molecule has 120 valence electrons. The van der Waals surface area contributed by atoms with Crippen LogP contribution in [0.1, 0.15) is 36.5 Å². The molecule has 0 aliphatic rings. The molecular formula is C12H20ClN3O4S. The Bertz CT molecular complexity index is 585. The lowest BCUT2D eigenvalue weighted by Crippen LogP contribution is -2.34. The number of hydrogen-bond donors (Lipinski definition) is 1. The summed E-state index contributed by atoms with van der Waals surface area (Å²) in [6.45, 7) is 4.81. The zero-order chi connectivity index (χ0) is 16.0. The first-order valence-electron chi connectivity index (χ1n) is 6.66. The number of carbonyl (C=O) groups excluding carboxylic acids is 1. The molecule has 9 heteroatoms. The number of nitrogens with zero attached hydrogens (tertiary/aromatic N) is 2. The molecule has 0 unspecified atom stereocenters. The number of hydrogen-bond acceptors (Lipinski definition) is 5. The quantitative estimate of drug-likeness (QED) is 0.724. The van der Waals surface area contributed by atoms with E-state index in [1.54, 1.807) is 6.92 Å². The fourth-order valence-corrected chi connectivity index (χ4v) is 3.25. The van der Waals surface area contributed by atoms with Crippen molar-refractivity contribution in [2.75, 3.05) is 26.8 Å². The van der Waals surface area contributed by atoms with Gasteiger partial charge in [0, 0.05) is 30.9 Å². The zero-order valence-electron chi connectivity index (χ0n) is 12.3. The lowest BCUT2D eigenvalue weighted by Gasteiger charge is -2.19. The number of amides is 1. The van der Waals surface area contributed by atoms with Crippen LogP contribution in [0.4, 0.5) is 0 Å². The Morgan fingerprint density at radius 3 is 2.57 bits per heavy atom. The highest BCUT2D eigenvalue weighted by molar-refractivity contribution is 8.13. The van der Waals surface area contributed by atoms with E-state index in [4.69, 9.17) is 15.4 Å². The summed E-state index contributed by atoms with van der Waals surface area (Å²) < 4.78 is 28.4. The molecule has 1 N–H and O–H groups in total. The summed E-state index contributed by atoms with van der Waals surface area (Å²) in [5, 5.41) is 6.46. The molecule has 0 bridgehead atoms. The number of aryl methyl sites for hydroxylation is 1. The fourth-order valence-electron chi connectivity index (χ4n) is 1.95. The van der Waals surface area contributed by atoms with Crippen molar-refractivity contribution in [2.45, 2.75) is 31.6 Å². The van der Waals surface area contributed by atoms with Gasteiger partial charge in [0.15, 0.2) is 5.69 Å². The number of aromatic amines is 1. The van der Waals surface area contributed by atoms with Gasteiger partial charge in [-0.25, -0.2) is 8.42 Å². The van der Waals surface area contributed by atoms with E-state index in [-0.39, 0.29) is 10.6 Å². The van der Waals surface area contributed by atoms with Crippen LogP contribution in [0.15, 0.2) is 4.90 Å². The second-order valence-corrected chi connectivity index (χ2v) is 6.95. The summed E-state index contributed by atoms with van der Waals surface area (Å²) in [7, 11) is 2.94. The van der Waals surface area contributed by atoms with Crippen LogP contribution in [0, 0.1) is 0 Å². The van der Waals surface area contributed by atoms with Crippen LogP contribution in [0.25, 0.3) is 0 Å². The molecule has 0 spiro atoms. The number of carbonyl (C=O) groups is 1. The summed E-state index contributed by atoms with van der Waals surface area (Å²) >= 11 is 0. The molecule has 0 saturated carbocycles. The lowest BCUT2D eigenvalue weighted by atomic mass is 10.2. The minimum atomic E-state index is -4.05. The Morgan fingerprint density at radius 1 is 1.43 bits per heavy atom. The molecule has 7 nitrogen and oxygen atoms in total. The van der Waals surface area contributed by atoms with Gasteiger partial charge in [-0.2, -0.15) is 5.10 Å². The standard InChI is InChI=1S/C12H20ClN3O4S/c1-4-6-9-11(21(13,18)19)10(15-14-9)12(17)16(5-2)7-8-20-3/h4-8H2,1-3H3,(H,14,15). The first-order valence-corrected chi connectivity index (χ1v) is 8.97. The molecule has 0 fully saturated rings. The van der Waals surface area contributed by atoms with Gasteiger partial charge in [0.1, 0.15) is 4.90 Å². The topological polar surface area (TPSA) is 92.4 Å². The molecule has 0 aliphatic heterocycles. The van der Waals surface area contributed by atoms with Crippen LogP contribution in [-0.2, 0) is 20.2 Å². The van der Waals surface area contributed by atoms with Crippen LogP contribution in [0.3, 0.4) is 0 Å². The maximum atomic E-state index is 12.4. The van der Waals surface area contributed by atoms with Gasteiger partial charge in [0.05, 0.1) is 12.3 Å². The van der Waals surface area contributed by atoms with E-state index in [0.29, 0.717) is 38.2 Å². The smallest absolute Gasteiger partial charge is 0.275 e. The molecule has 1 amide bonds. The van der Waals surface area contributed by atoms with Gasteiger partial charge in [-0.3, -0.25) is 9.89 Å².